The first kappa shape index (κ1) is 72.5. The molecule has 17 aromatic carbocycles. The van der Waals surface area contributed by atoms with Gasteiger partial charge in [-0.1, -0.05) is 267 Å². The van der Waals surface area contributed by atoms with Gasteiger partial charge in [0.1, 0.15) is 28.1 Å². The van der Waals surface area contributed by atoms with Gasteiger partial charge in [0.05, 0.1) is 64.1 Å². The molecule has 0 aliphatic heterocycles. The Labute approximate surface area is 749 Å². The van der Waals surface area contributed by atoms with Gasteiger partial charge in [-0.15, -0.1) is 34.0 Å². The lowest BCUT2D eigenvalue weighted by atomic mass is 9.99. The summed E-state index contributed by atoms with van der Waals surface area (Å²) in [6.07, 6.45) is 5.62. The molecule has 0 atom stereocenters. The number of nitrogens with zero attached hydrogens (tertiary/aromatic N) is 12. The molecule has 30 aromatic rings. The van der Waals surface area contributed by atoms with Crippen molar-refractivity contribution in [3.05, 3.63) is 389 Å². The van der Waals surface area contributed by atoms with E-state index in [2.05, 4.69) is 334 Å². The van der Waals surface area contributed by atoms with E-state index in [1.165, 1.54) is 109 Å². The maximum absolute atomic E-state index is 6.31. The van der Waals surface area contributed by atoms with Crippen LogP contribution in [0.25, 0.3) is 270 Å². The van der Waals surface area contributed by atoms with Crippen molar-refractivity contribution < 1.29 is 4.42 Å². The van der Waals surface area contributed by atoms with Crippen molar-refractivity contribution in [2.45, 2.75) is 0 Å². The summed E-state index contributed by atoms with van der Waals surface area (Å²) in [4.78, 5) is 41.7. The fourth-order valence-electron chi connectivity index (χ4n) is 20.7. The first-order chi connectivity index (χ1) is 64.6. The lowest BCUT2D eigenvalue weighted by Gasteiger charge is -2.13. The summed E-state index contributed by atoms with van der Waals surface area (Å²) in [5.41, 5.74) is 16.4. The highest BCUT2D eigenvalue weighted by atomic mass is 32.1. The summed E-state index contributed by atoms with van der Waals surface area (Å²) in [6, 6.07) is 130. The monoisotopic (exact) mass is 1710 g/mol. The number of rotatable bonds is 6. The first-order valence-corrected chi connectivity index (χ1v) is 45.8. The minimum Gasteiger partial charge on any atom is -0.456 e. The minimum atomic E-state index is 0.594. The Morgan fingerprint density at radius 3 is 1.22 bits per heavy atom. The number of aromatic nitrogens is 12. The fraction of sp³-hybridized carbons (Fsp3) is 0. The summed E-state index contributed by atoms with van der Waals surface area (Å²) in [7, 11) is 0. The van der Waals surface area contributed by atoms with Gasteiger partial charge in [0.2, 0.25) is 17.8 Å². The second kappa shape index (κ2) is 28.4. The molecule has 13 nitrogen and oxygen atoms in total. The van der Waals surface area contributed by atoms with Gasteiger partial charge >= 0.3 is 0 Å². The first-order valence-electron chi connectivity index (χ1n) is 43.4. The number of para-hydroxylation sites is 5. The molecule has 0 N–H and O–H groups in total. The molecule has 0 bridgehead atoms. The molecule has 0 fully saturated rings. The zero-order valence-corrected chi connectivity index (χ0v) is 71.4. The van der Waals surface area contributed by atoms with Gasteiger partial charge in [0.25, 0.3) is 0 Å². The van der Waals surface area contributed by atoms with E-state index < -0.39 is 0 Å². The molecule has 0 aliphatic carbocycles. The average Bonchev–Trinajstić information content (AvgIpc) is 1.54. The van der Waals surface area contributed by atoms with Crippen molar-refractivity contribution in [3.8, 4) is 46.0 Å². The molecule has 0 spiro atoms. The van der Waals surface area contributed by atoms with E-state index in [0.717, 1.165) is 149 Å². The van der Waals surface area contributed by atoms with Crippen molar-refractivity contribution >= 4 is 258 Å². The Morgan fingerprint density at radius 2 is 0.654 bits per heavy atom. The van der Waals surface area contributed by atoms with Crippen molar-refractivity contribution in [1.29, 1.82) is 0 Å². The molecule has 0 saturated heterocycles. The molecular weight excluding hydrogens is 1650 g/mol. The Balaban J connectivity index is 0.0000000985. The van der Waals surface area contributed by atoms with E-state index in [0.29, 0.717) is 11.9 Å². The smallest absolute Gasteiger partial charge is 0.237 e. The fourth-order valence-corrected chi connectivity index (χ4v) is 24.5. The number of pyridine rings is 3. The largest absolute Gasteiger partial charge is 0.456 e. The van der Waals surface area contributed by atoms with Crippen LogP contribution in [0.2, 0.25) is 0 Å². The Morgan fingerprint density at radius 1 is 0.238 bits per heavy atom. The van der Waals surface area contributed by atoms with Gasteiger partial charge in [-0.05, 0) is 141 Å². The van der Waals surface area contributed by atoms with Crippen LogP contribution in [0.3, 0.4) is 0 Å². The van der Waals surface area contributed by atoms with Crippen molar-refractivity contribution in [2.75, 3.05) is 0 Å². The highest BCUT2D eigenvalue weighted by Gasteiger charge is 2.31. The normalized spacial score (nSPS) is 12.2. The van der Waals surface area contributed by atoms with E-state index in [9.17, 15) is 0 Å². The van der Waals surface area contributed by atoms with Crippen LogP contribution in [0, 0.1) is 0 Å². The van der Waals surface area contributed by atoms with Gasteiger partial charge < -0.3 is 4.42 Å². The summed E-state index contributed by atoms with van der Waals surface area (Å²) in [5, 5.41) is 28.4. The van der Waals surface area contributed by atoms with E-state index in [1.807, 2.05) is 107 Å². The molecule has 30 rings (SSSR count). The predicted molar refractivity (Wildman–Crippen MR) is 543 cm³/mol. The van der Waals surface area contributed by atoms with Crippen molar-refractivity contribution in [2.24, 2.45) is 0 Å². The van der Waals surface area contributed by atoms with Gasteiger partial charge in [-0.3, -0.25) is 18.3 Å². The van der Waals surface area contributed by atoms with Crippen LogP contribution in [0.15, 0.2) is 393 Å². The molecule has 0 amide bonds. The molecule has 13 aromatic heterocycles. The maximum Gasteiger partial charge on any atom is 0.237 e. The standard InChI is InChI=1S/C41H22N4OS.C39H22N4S.C34H20N4S/c1-2-12-24-23(11-1)35-29-17-10-22-42-40(29)45(38(35)39-36(24)27-15-5-8-21-33(27)47-39)41-43-30-18-6-3-13-25(30)37(44-41)28-16-9-20-32-34(28)26-14-4-7-19-31(26)46-32;1-2-12-24(13-3-1)34-30-21-20-23-11-4-5-14-25(23)35(30)42-39(41-34)43-36-32(29-18-10-22-40-38(29)43)26-15-6-7-16-27(26)33-28-17-8-9-19-31(28)44-37(33)36;1-2-11-21(12-3-1)37-27-18-8-7-17-26(27)36-34(37)38-31-29(25-16-10-20-35-33(25)38)22-13-4-5-14-23(22)30-24-15-6-9-19-28(24)39-32(30)31/h1-22H;1-22H;1-20H. The zero-order valence-electron chi connectivity index (χ0n) is 68.9. The van der Waals surface area contributed by atoms with E-state index in [-0.39, 0.29) is 0 Å². The summed E-state index contributed by atoms with van der Waals surface area (Å²) in [6.45, 7) is 0. The number of fused-ring (bicyclic) bond motifs is 38. The molecule has 16 heteroatoms. The number of furan rings is 1. The Bertz CT molecular complexity index is 10100. The van der Waals surface area contributed by atoms with Crippen molar-refractivity contribution in [1.82, 2.24) is 58.1 Å². The lowest BCUT2D eigenvalue weighted by molar-refractivity contribution is 0.669. The second-order valence-corrected chi connectivity index (χ2v) is 36.2. The molecule has 13 heterocycles. The predicted octanol–water partition coefficient (Wildman–Crippen LogP) is 30.7. The molecule has 0 unspecified atom stereocenters. The van der Waals surface area contributed by atoms with Crippen LogP contribution < -0.4 is 0 Å². The maximum atomic E-state index is 6.31. The van der Waals surface area contributed by atoms with Gasteiger partial charge in [-0.25, -0.2) is 39.9 Å². The van der Waals surface area contributed by atoms with E-state index in [4.69, 9.17) is 44.3 Å². The third-order valence-corrected chi connectivity index (χ3v) is 29.6. The van der Waals surface area contributed by atoms with E-state index in [1.54, 1.807) is 0 Å². The SMILES string of the molecule is c1ccc(-c2nc(-n3c4ncccc4c4c5ccccc5c5c6ccccc6sc5c43)nc3c2ccc2ccccc23)cc1.c1ccc(-n2c(-n3c4ncccc4c4c5ccccc5c5c6ccccc6sc5c43)nc3ccccc32)cc1.c1ccc2c(-c3cccc4oc5ccccc5c34)nc(-n3c4ncccc4c4c5ccccc5c5c6ccccc6sc5c43)nc2c1. The van der Waals surface area contributed by atoms with Crippen LogP contribution in [-0.4, -0.2) is 58.1 Å². The summed E-state index contributed by atoms with van der Waals surface area (Å²) >= 11 is 5.51. The number of imidazole rings is 1. The highest BCUT2D eigenvalue weighted by Crippen LogP contribution is 2.53. The van der Waals surface area contributed by atoms with Crippen LogP contribution in [-0.2, 0) is 0 Å². The average molecular weight is 1710 g/mol. The number of hydrogen-bond donors (Lipinski definition) is 0. The van der Waals surface area contributed by atoms with Gasteiger partial charge in [-0.2, -0.15) is 0 Å². The van der Waals surface area contributed by atoms with Crippen LogP contribution >= 0.6 is 34.0 Å². The topological polar surface area (TPSA) is 136 Å². The molecule has 130 heavy (non-hydrogen) atoms. The molecular formula is C114H64N12OS3. The third-order valence-electron chi connectivity index (χ3n) is 26.0. The minimum absolute atomic E-state index is 0.594. The van der Waals surface area contributed by atoms with Crippen molar-refractivity contribution in [3.63, 3.8) is 0 Å². The highest BCUT2D eigenvalue weighted by molar-refractivity contribution is 7.28. The zero-order chi connectivity index (χ0) is 84.9. The lowest BCUT2D eigenvalue weighted by Crippen LogP contribution is -2.06. The second-order valence-electron chi connectivity index (χ2n) is 33.0. The number of hydrogen-bond acceptors (Lipinski definition) is 12. The molecule has 604 valence electrons. The summed E-state index contributed by atoms with van der Waals surface area (Å²) in [5.74, 6) is 2.06. The van der Waals surface area contributed by atoms with E-state index >= 15 is 0 Å². The quantitative estimate of drug-likeness (QED) is 0.149. The molecule has 0 aliphatic rings. The summed E-state index contributed by atoms with van der Waals surface area (Å²) < 4.78 is 22.8. The number of thiophene rings is 3. The van der Waals surface area contributed by atoms with Gasteiger partial charge in [0, 0.05) is 141 Å². The Kier molecular flexibility index (Phi) is 15.8. The van der Waals surface area contributed by atoms with Crippen LogP contribution in [0.5, 0.6) is 0 Å². The van der Waals surface area contributed by atoms with Crippen LogP contribution in [0.4, 0.5) is 0 Å². The molecule has 0 saturated carbocycles. The van der Waals surface area contributed by atoms with Crippen LogP contribution in [0.1, 0.15) is 0 Å². The molecule has 0 radical (unpaired) electrons. The Hall–Kier alpha value is -16.8. The third kappa shape index (κ3) is 10.6. The number of benzene rings is 17. The van der Waals surface area contributed by atoms with Gasteiger partial charge in [0.15, 0.2) is 0 Å².